The van der Waals surface area contributed by atoms with Gasteiger partial charge in [-0.25, -0.2) is 0 Å². The SMILES string of the molecule is CC(C)(C)C1CCC(OC(=O)OOC(=O)OC2CCC(C(C)(C)C)CC2)CC1.COC(C)(C)CCOC(=O)OOC(=O)OCCC(C)(C)OC. The standard InChI is InChI=1S/C22H38O6.C14H26O8/c1-21(2,3)15-7-11-17(12-8-15)25-19(23)27-28-20(24)26-18-13-9-16(10-14-18)22(4,5)6;1-13(2,17-5)7-9-19-11(15)21-22-12(16)20-10-8-14(3,4)18-6/h15-18H,7-14H2,1-6H3;7-10H2,1-6H3. The second kappa shape index (κ2) is 20.8. The van der Waals surface area contributed by atoms with Crippen molar-refractivity contribution in [3.8, 4) is 0 Å². The number of ether oxygens (including phenoxy) is 6. The second-order valence-corrected chi connectivity index (χ2v) is 16.4. The van der Waals surface area contributed by atoms with E-state index in [0.29, 0.717) is 24.7 Å². The van der Waals surface area contributed by atoms with Crippen molar-refractivity contribution in [1.29, 1.82) is 0 Å². The largest absolute Gasteiger partial charge is 0.550 e. The van der Waals surface area contributed by atoms with Crippen LogP contribution in [0, 0.1) is 22.7 Å². The fourth-order valence-electron chi connectivity index (χ4n) is 5.55. The van der Waals surface area contributed by atoms with Crippen molar-refractivity contribution in [3.63, 3.8) is 0 Å². The molecule has 2 fully saturated rings. The van der Waals surface area contributed by atoms with Gasteiger partial charge in [-0.2, -0.15) is 38.7 Å². The van der Waals surface area contributed by atoms with Crippen LogP contribution in [-0.2, 0) is 48.0 Å². The first-order chi connectivity index (χ1) is 23.1. The number of carbonyl (C=O) groups is 4. The molecule has 0 radical (unpaired) electrons. The van der Waals surface area contributed by atoms with E-state index in [1.54, 1.807) is 14.2 Å². The van der Waals surface area contributed by atoms with Crippen LogP contribution in [0.4, 0.5) is 19.2 Å². The maximum atomic E-state index is 11.8. The predicted octanol–water partition coefficient (Wildman–Crippen LogP) is 9.26. The Morgan fingerprint density at radius 3 is 1.00 bits per heavy atom. The zero-order valence-electron chi connectivity index (χ0n) is 32.5. The molecule has 14 nitrogen and oxygen atoms in total. The normalized spacial score (nSPS) is 21.4. The van der Waals surface area contributed by atoms with Crippen LogP contribution in [0.25, 0.3) is 0 Å². The highest BCUT2D eigenvalue weighted by Crippen LogP contribution is 2.39. The molecule has 0 saturated heterocycles. The van der Waals surface area contributed by atoms with E-state index in [-0.39, 0.29) is 36.3 Å². The van der Waals surface area contributed by atoms with Gasteiger partial charge in [0.25, 0.3) is 0 Å². The van der Waals surface area contributed by atoms with E-state index in [2.05, 4.69) is 61.1 Å². The lowest BCUT2D eigenvalue weighted by Gasteiger charge is -2.36. The molecule has 0 heterocycles. The van der Waals surface area contributed by atoms with Crippen LogP contribution in [0.5, 0.6) is 0 Å². The van der Waals surface area contributed by atoms with Gasteiger partial charge in [-0.05, 0) is 102 Å². The number of rotatable bonds is 10. The van der Waals surface area contributed by atoms with Gasteiger partial charge in [0.15, 0.2) is 0 Å². The highest BCUT2D eigenvalue weighted by atomic mass is 17.3. The topological polar surface area (TPSA) is 161 Å². The molecular weight excluding hydrogens is 656 g/mol. The summed E-state index contributed by atoms with van der Waals surface area (Å²) in [7, 11) is 3.12. The lowest BCUT2D eigenvalue weighted by atomic mass is 9.72. The van der Waals surface area contributed by atoms with Crippen LogP contribution < -0.4 is 0 Å². The zero-order chi connectivity index (χ0) is 38.2. The smallest absolute Gasteiger partial charge is 0.432 e. The minimum Gasteiger partial charge on any atom is -0.432 e. The third kappa shape index (κ3) is 19.4. The Labute approximate surface area is 298 Å². The molecular formula is C36H64O14. The monoisotopic (exact) mass is 720 g/mol. The van der Waals surface area contributed by atoms with Gasteiger partial charge >= 0.3 is 24.6 Å². The minimum atomic E-state index is -1.12. The number of hydrogen-bond acceptors (Lipinski definition) is 14. The Hall–Kier alpha value is -3.00. The van der Waals surface area contributed by atoms with Crippen molar-refractivity contribution in [1.82, 2.24) is 0 Å². The molecule has 2 saturated carbocycles. The lowest BCUT2D eigenvalue weighted by molar-refractivity contribution is -0.227. The van der Waals surface area contributed by atoms with Crippen molar-refractivity contribution in [2.24, 2.45) is 22.7 Å². The van der Waals surface area contributed by atoms with E-state index in [1.165, 1.54) is 0 Å². The molecule has 0 aliphatic heterocycles. The maximum absolute atomic E-state index is 11.8. The third-order valence-corrected chi connectivity index (χ3v) is 9.63. The summed E-state index contributed by atoms with van der Waals surface area (Å²) in [4.78, 5) is 63.1. The highest BCUT2D eigenvalue weighted by molar-refractivity contribution is 5.64. The van der Waals surface area contributed by atoms with Gasteiger partial charge < -0.3 is 28.4 Å². The summed E-state index contributed by atoms with van der Waals surface area (Å²) in [6.45, 7) is 20.9. The first-order valence-electron chi connectivity index (χ1n) is 17.6. The van der Waals surface area contributed by atoms with Crippen LogP contribution in [0.15, 0.2) is 0 Å². The highest BCUT2D eigenvalue weighted by Gasteiger charge is 2.33. The molecule has 0 aromatic heterocycles. The molecule has 292 valence electrons. The fourth-order valence-corrected chi connectivity index (χ4v) is 5.55. The first kappa shape index (κ1) is 45.0. The lowest BCUT2D eigenvalue weighted by Crippen LogP contribution is -2.31. The molecule has 0 aromatic rings. The molecule has 0 amide bonds. The van der Waals surface area contributed by atoms with Gasteiger partial charge in [0.2, 0.25) is 0 Å². The Balaban J connectivity index is 0.000000517. The Bertz CT molecular complexity index is 944. The number of carbonyl (C=O) groups excluding carboxylic acids is 4. The Morgan fingerprint density at radius 1 is 0.460 bits per heavy atom. The molecule has 0 spiro atoms. The van der Waals surface area contributed by atoms with Crippen LogP contribution >= 0.6 is 0 Å². The van der Waals surface area contributed by atoms with Gasteiger partial charge in [-0.1, -0.05) is 41.5 Å². The average Bonchev–Trinajstić information content (AvgIpc) is 3.02. The summed E-state index contributed by atoms with van der Waals surface area (Å²) in [6, 6.07) is 0. The van der Waals surface area contributed by atoms with Crippen molar-refractivity contribution >= 4 is 24.6 Å². The van der Waals surface area contributed by atoms with Gasteiger partial charge in [0, 0.05) is 27.1 Å². The molecule has 50 heavy (non-hydrogen) atoms. The molecule has 0 bridgehead atoms. The fraction of sp³-hybridized carbons (Fsp3) is 0.889. The average molecular weight is 721 g/mol. The van der Waals surface area contributed by atoms with Crippen molar-refractivity contribution < 1.29 is 67.1 Å². The minimum absolute atomic E-state index is 0.0696. The van der Waals surface area contributed by atoms with Crippen LogP contribution in [-0.4, -0.2) is 75.5 Å². The van der Waals surface area contributed by atoms with Crippen molar-refractivity contribution in [2.75, 3.05) is 27.4 Å². The molecule has 2 rings (SSSR count). The van der Waals surface area contributed by atoms with Crippen LogP contribution in [0.3, 0.4) is 0 Å². The van der Waals surface area contributed by atoms with E-state index in [4.69, 9.17) is 28.4 Å². The molecule has 14 heteroatoms. The maximum Gasteiger partial charge on any atom is 0.550 e. The molecule has 0 aromatic carbocycles. The summed E-state index contributed by atoms with van der Waals surface area (Å²) in [6.07, 6.45) is 3.64. The Kier molecular flexibility index (Phi) is 18.7. The second-order valence-electron chi connectivity index (χ2n) is 16.4. The van der Waals surface area contributed by atoms with E-state index < -0.39 is 35.8 Å². The van der Waals surface area contributed by atoms with E-state index >= 15 is 0 Å². The Morgan fingerprint density at radius 2 is 0.740 bits per heavy atom. The van der Waals surface area contributed by atoms with E-state index in [1.807, 2.05) is 27.7 Å². The molecule has 0 unspecified atom stereocenters. The number of hydrogen-bond donors (Lipinski definition) is 0. The molecule has 0 atom stereocenters. The summed E-state index contributed by atoms with van der Waals surface area (Å²) in [5.74, 6) is 1.26. The van der Waals surface area contributed by atoms with Gasteiger partial charge in [-0.15, -0.1) is 0 Å². The summed E-state index contributed by atoms with van der Waals surface area (Å²) in [5, 5.41) is 0. The zero-order valence-corrected chi connectivity index (χ0v) is 32.5. The quantitative estimate of drug-likeness (QED) is 0.0908. The van der Waals surface area contributed by atoms with Gasteiger partial charge in [-0.3, -0.25) is 0 Å². The van der Waals surface area contributed by atoms with Crippen molar-refractivity contribution in [2.45, 2.75) is 157 Å². The molecule has 0 N–H and O–H groups in total. The van der Waals surface area contributed by atoms with Gasteiger partial charge in [0.1, 0.15) is 12.2 Å². The summed E-state index contributed by atoms with van der Waals surface area (Å²) < 4.78 is 30.2. The van der Waals surface area contributed by atoms with Crippen LogP contribution in [0.1, 0.15) is 133 Å². The van der Waals surface area contributed by atoms with E-state index in [9.17, 15) is 19.2 Å². The third-order valence-electron chi connectivity index (χ3n) is 9.63. The molecule has 2 aliphatic rings. The van der Waals surface area contributed by atoms with E-state index in [0.717, 1.165) is 51.4 Å². The number of methoxy groups -OCH3 is 2. The molecule has 2 aliphatic carbocycles. The van der Waals surface area contributed by atoms with Gasteiger partial charge in [0.05, 0.1) is 24.4 Å². The predicted molar refractivity (Wildman–Crippen MR) is 182 cm³/mol. The summed E-state index contributed by atoms with van der Waals surface area (Å²) in [5.41, 5.74) is -0.308. The first-order valence-corrected chi connectivity index (χ1v) is 17.6. The van der Waals surface area contributed by atoms with Crippen molar-refractivity contribution in [3.05, 3.63) is 0 Å². The summed E-state index contributed by atoms with van der Waals surface area (Å²) >= 11 is 0. The van der Waals surface area contributed by atoms with Crippen LogP contribution in [0.2, 0.25) is 0 Å².